The predicted molar refractivity (Wildman–Crippen MR) is 95.7 cm³/mol. The first-order valence-electron chi connectivity index (χ1n) is 8.67. The van der Waals surface area contributed by atoms with Gasteiger partial charge in [0.15, 0.2) is 5.82 Å². The minimum Gasteiger partial charge on any atom is -0.373 e. The summed E-state index contributed by atoms with van der Waals surface area (Å²) in [6.07, 6.45) is 1.61. The number of rotatable bonds is 3. The smallest absolute Gasteiger partial charge is 0.249 e. The lowest BCUT2D eigenvalue weighted by Gasteiger charge is -2.27. The molecule has 8 heteroatoms. The minimum atomic E-state index is -1.16. The molecule has 1 aromatic carbocycles. The Hall–Kier alpha value is -1.76. The van der Waals surface area contributed by atoms with Crippen LogP contribution in [0.4, 0.5) is 14.5 Å². The molecule has 0 spiro atoms. The average Bonchev–Trinajstić information content (AvgIpc) is 3.25. The van der Waals surface area contributed by atoms with E-state index in [-0.39, 0.29) is 23.7 Å². The van der Waals surface area contributed by atoms with Crippen molar-refractivity contribution in [1.29, 1.82) is 0 Å². The molecule has 5 rings (SSSR count). The molecule has 2 bridgehead atoms. The zero-order chi connectivity index (χ0) is 18.9. The molecule has 1 aromatic heterocycles. The highest BCUT2D eigenvalue weighted by Crippen LogP contribution is 2.65. The molecule has 0 radical (unpaired) electrons. The second-order valence-corrected chi connectivity index (χ2v) is 8.12. The second-order valence-electron chi connectivity index (χ2n) is 7.30. The molecule has 2 aliphatic heterocycles. The first-order chi connectivity index (χ1) is 13.0. The van der Waals surface area contributed by atoms with Gasteiger partial charge in [0.2, 0.25) is 11.9 Å². The van der Waals surface area contributed by atoms with Gasteiger partial charge in [-0.3, -0.25) is 4.79 Å². The van der Waals surface area contributed by atoms with Gasteiger partial charge in [-0.05, 0) is 42.5 Å². The Morgan fingerprint density at radius 1 is 1.15 bits per heavy atom. The van der Waals surface area contributed by atoms with E-state index in [0.717, 1.165) is 6.42 Å². The summed E-state index contributed by atoms with van der Waals surface area (Å²) in [5.41, 5.74) is 0.638. The SMILES string of the molecule is O=C(Nc1ccc(Cl)c(Cl)c1)[C@H]1[C@@H]2O[C@@H]([C@H]3C[C@H]32)[C@@H]1c1ccnc(F)c1F. The third-order valence-electron chi connectivity index (χ3n) is 5.87. The monoisotopic (exact) mass is 410 g/mol. The number of fused-ring (bicyclic) bond motifs is 5. The number of carbonyl (C=O) groups excluding carboxylic acids is 1. The van der Waals surface area contributed by atoms with E-state index >= 15 is 0 Å². The van der Waals surface area contributed by atoms with E-state index < -0.39 is 23.6 Å². The lowest BCUT2D eigenvalue weighted by molar-refractivity contribution is -0.122. The topological polar surface area (TPSA) is 51.2 Å². The van der Waals surface area contributed by atoms with Crippen molar-refractivity contribution < 1.29 is 18.3 Å². The summed E-state index contributed by atoms with van der Waals surface area (Å²) in [6.45, 7) is 0. The number of nitrogens with zero attached hydrogens (tertiary/aromatic N) is 1. The summed E-state index contributed by atoms with van der Waals surface area (Å²) in [5, 5.41) is 3.52. The van der Waals surface area contributed by atoms with Gasteiger partial charge in [-0.15, -0.1) is 0 Å². The largest absolute Gasteiger partial charge is 0.373 e. The third-order valence-corrected chi connectivity index (χ3v) is 6.61. The summed E-state index contributed by atoms with van der Waals surface area (Å²) in [4.78, 5) is 16.4. The van der Waals surface area contributed by atoms with Crippen molar-refractivity contribution in [3.8, 4) is 0 Å². The van der Waals surface area contributed by atoms with E-state index in [9.17, 15) is 13.6 Å². The maximum Gasteiger partial charge on any atom is 0.249 e. The standard InChI is InChI=1S/C19H14Cl2F2N2O2/c20-11-2-1-7(5-12(11)21)25-19(26)14-13(8-3-4-24-18(23)15(8)22)16-9-6-10(9)17(14)27-16/h1-5,9-10,13-14,16-17H,6H2,(H,25,26)/t9-,10+,13+,14+,16-,17+/m0/s1. The van der Waals surface area contributed by atoms with Crippen LogP contribution in [0.3, 0.4) is 0 Å². The quantitative estimate of drug-likeness (QED) is 0.761. The fourth-order valence-corrected chi connectivity index (χ4v) is 4.95. The zero-order valence-electron chi connectivity index (χ0n) is 13.8. The van der Waals surface area contributed by atoms with Crippen LogP contribution in [-0.2, 0) is 9.53 Å². The molecule has 0 unspecified atom stereocenters. The molecular formula is C19H14Cl2F2N2O2. The predicted octanol–water partition coefficient (Wildman–Crippen LogP) is 4.42. The van der Waals surface area contributed by atoms with Crippen LogP contribution in [-0.4, -0.2) is 23.1 Å². The molecule has 3 aliphatic rings. The van der Waals surface area contributed by atoms with Crippen molar-refractivity contribution in [2.75, 3.05) is 5.32 Å². The molecule has 2 saturated heterocycles. The Morgan fingerprint density at radius 2 is 1.93 bits per heavy atom. The molecule has 1 N–H and O–H groups in total. The van der Waals surface area contributed by atoms with Crippen LogP contribution in [0, 0.1) is 29.5 Å². The van der Waals surface area contributed by atoms with Crippen LogP contribution in [0.25, 0.3) is 0 Å². The number of pyridine rings is 1. The molecule has 27 heavy (non-hydrogen) atoms. The number of hydrogen-bond donors (Lipinski definition) is 1. The van der Waals surface area contributed by atoms with Gasteiger partial charge in [-0.2, -0.15) is 4.39 Å². The Balaban J connectivity index is 1.48. The van der Waals surface area contributed by atoms with Crippen molar-refractivity contribution >= 4 is 34.8 Å². The highest BCUT2D eigenvalue weighted by Gasteiger charge is 2.69. The third kappa shape index (κ3) is 2.65. The van der Waals surface area contributed by atoms with Crippen molar-refractivity contribution in [3.63, 3.8) is 0 Å². The van der Waals surface area contributed by atoms with E-state index in [4.69, 9.17) is 27.9 Å². The minimum absolute atomic E-state index is 0.148. The van der Waals surface area contributed by atoms with E-state index in [1.165, 1.54) is 12.3 Å². The zero-order valence-corrected chi connectivity index (χ0v) is 15.3. The van der Waals surface area contributed by atoms with Crippen molar-refractivity contribution in [1.82, 2.24) is 4.98 Å². The lowest BCUT2D eigenvalue weighted by atomic mass is 9.75. The van der Waals surface area contributed by atoms with Gasteiger partial charge in [0, 0.05) is 23.4 Å². The number of benzene rings is 1. The Kier molecular flexibility index (Phi) is 3.93. The van der Waals surface area contributed by atoms with Crippen molar-refractivity contribution in [3.05, 3.63) is 57.8 Å². The normalized spacial score (nSPS) is 33.0. The van der Waals surface area contributed by atoms with Crippen LogP contribution in [0.5, 0.6) is 0 Å². The van der Waals surface area contributed by atoms with E-state index in [1.807, 2.05) is 0 Å². The van der Waals surface area contributed by atoms with Gasteiger partial charge in [0.05, 0.1) is 28.2 Å². The van der Waals surface area contributed by atoms with Gasteiger partial charge in [0.25, 0.3) is 0 Å². The summed E-state index contributed by atoms with van der Waals surface area (Å²) in [7, 11) is 0. The summed E-state index contributed by atoms with van der Waals surface area (Å²) < 4.78 is 34.1. The number of aromatic nitrogens is 1. The summed E-state index contributed by atoms with van der Waals surface area (Å²) in [5.74, 6) is -3.00. The first-order valence-corrected chi connectivity index (χ1v) is 9.42. The fourth-order valence-electron chi connectivity index (χ4n) is 4.66. The van der Waals surface area contributed by atoms with Crippen LogP contribution in [0.1, 0.15) is 17.9 Å². The molecule has 6 atom stereocenters. The number of hydrogen-bond acceptors (Lipinski definition) is 3. The van der Waals surface area contributed by atoms with E-state index in [2.05, 4.69) is 10.3 Å². The molecule has 1 aliphatic carbocycles. The number of nitrogens with one attached hydrogen (secondary N) is 1. The number of carbonyl (C=O) groups is 1. The van der Waals surface area contributed by atoms with Gasteiger partial charge in [-0.1, -0.05) is 23.2 Å². The number of amides is 1. The van der Waals surface area contributed by atoms with Crippen LogP contribution in [0.15, 0.2) is 30.5 Å². The van der Waals surface area contributed by atoms with E-state index in [0.29, 0.717) is 27.6 Å². The Morgan fingerprint density at radius 3 is 2.70 bits per heavy atom. The highest BCUT2D eigenvalue weighted by molar-refractivity contribution is 6.42. The maximum atomic E-state index is 14.4. The molecule has 2 aromatic rings. The van der Waals surface area contributed by atoms with Gasteiger partial charge in [0.1, 0.15) is 0 Å². The van der Waals surface area contributed by atoms with Gasteiger partial charge in [-0.25, -0.2) is 9.37 Å². The van der Waals surface area contributed by atoms with Crippen molar-refractivity contribution in [2.45, 2.75) is 24.5 Å². The van der Waals surface area contributed by atoms with Crippen molar-refractivity contribution in [2.24, 2.45) is 17.8 Å². The summed E-state index contributed by atoms with van der Waals surface area (Å²) >= 11 is 11.9. The molecular weight excluding hydrogens is 397 g/mol. The Bertz CT molecular complexity index is 957. The number of ether oxygens (including phenoxy) is 1. The first kappa shape index (κ1) is 17.3. The van der Waals surface area contributed by atoms with Gasteiger partial charge < -0.3 is 10.1 Å². The number of halogens is 4. The molecule has 3 heterocycles. The molecule has 140 valence electrons. The van der Waals surface area contributed by atoms with Crippen LogP contribution < -0.4 is 5.32 Å². The molecule has 1 amide bonds. The summed E-state index contributed by atoms with van der Waals surface area (Å²) in [6, 6.07) is 6.21. The fraction of sp³-hybridized carbons (Fsp3) is 0.368. The molecule has 3 fully saturated rings. The highest BCUT2D eigenvalue weighted by atomic mass is 35.5. The lowest BCUT2D eigenvalue weighted by Crippen LogP contribution is -2.37. The Labute approximate surface area is 163 Å². The second kappa shape index (κ2) is 6.12. The molecule has 4 nitrogen and oxygen atoms in total. The molecule has 1 saturated carbocycles. The van der Waals surface area contributed by atoms with Gasteiger partial charge >= 0.3 is 0 Å². The van der Waals surface area contributed by atoms with E-state index in [1.54, 1.807) is 18.2 Å². The maximum absolute atomic E-state index is 14.4. The average molecular weight is 411 g/mol. The number of anilines is 1. The van der Waals surface area contributed by atoms with Crippen LogP contribution >= 0.6 is 23.2 Å². The van der Waals surface area contributed by atoms with Crippen LogP contribution in [0.2, 0.25) is 10.0 Å².